The number of anilines is 1. The summed E-state index contributed by atoms with van der Waals surface area (Å²) in [5.74, 6) is -0.0840. The van der Waals surface area contributed by atoms with Crippen LogP contribution < -0.4 is 10.2 Å². The van der Waals surface area contributed by atoms with Crippen LogP contribution in [0.4, 0.5) is 5.69 Å². The Balaban J connectivity index is 0.000000751. The molecule has 0 aliphatic heterocycles. The molecule has 0 spiro atoms. The number of aryl methyl sites for hydroxylation is 1. The number of amides is 2. The molecule has 0 unspecified atom stereocenters. The van der Waals surface area contributed by atoms with E-state index in [2.05, 4.69) is 10.1 Å². The number of hydrogen-bond donors (Lipinski definition) is 1. The number of likely N-dealkylation sites (N-methyl/N-ethyl adjacent to an activating group) is 1. The van der Waals surface area contributed by atoms with Crippen molar-refractivity contribution in [1.82, 2.24) is 9.88 Å². The fourth-order valence-electron chi connectivity index (χ4n) is 4.41. The Labute approximate surface area is 204 Å². The number of methoxy groups -OCH3 is 1. The molecule has 1 aliphatic carbocycles. The summed E-state index contributed by atoms with van der Waals surface area (Å²) in [5.41, 5.74) is 3.52. The van der Waals surface area contributed by atoms with Crippen LogP contribution in [0.25, 0.3) is 10.2 Å². The van der Waals surface area contributed by atoms with Gasteiger partial charge in [0.05, 0.1) is 17.3 Å². The minimum atomic E-state index is -0.0722. The number of carbonyl (C=O) groups is 3. The molecule has 2 aromatic heterocycles. The Morgan fingerprint density at radius 3 is 2.56 bits per heavy atom. The molecule has 8 heteroatoms. The first-order valence-electron chi connectivity index (χ1n) is 11.7. The largest absolute Gasteiger partial charge is 0.471 e. The molecule has 0 radical (unpaired) electrons. The Bertz CT molecular complexity index is 1110. The van der Waals surface area contributed by atoms with E-state index in [1.54, 1.807) is 16.2 Å². The maximum absolute atomic E-state index is 13.3. The van der Waals surface area contributed by atoms with Crippen LogP contribution in [0, 0.1) is 6.92 Å². The summed E-state index contributed by atoms with van der Waals surface area (Å²) < 4.78 is 6.78. The van der Waals surface area contributed by atoms with Gasteiger partial charge in [0.2, 0.25) is 5.91 Å². The van der Waals surface area contributed by atoms with E-state index in [9.17, 15) is 9.59 Å². The Morgan fingerprint density at radius 2 is 1.91 bits per heavy atom. The van der Waals surface area contributed by atoms with Crippen molar-refractivity contribution in [1.29, 1.82) is 0 Å². The monoisotopic (exact) mass is 483 g/mol. The van der Waals surface area contributed by atoms with E-state index in [0.29, 0.717) is 18.7 Å². The Morgan fingerprint density at radius 1 is 1.21 bits per heavy atom. The number of rotatable bonds is 7. The molecule has 0 bridgehead atoms. The quantitative estimate of drug-likeness (QED) is 0.484. The zero-order valence-electron chi connectivity index (χ0n) is 20.1. The fourth-order valence-corrected chi connectivity index (χ4v) is 5.23. The van der Waals surface area contributed by atoms with Gasteiger partial charge in [-0.15, -0.1) is 11.3 Å². The average Bonchev–Trinajstić information content (AvgIpc) is 3.44. The van der Waals surface area contributed by atoms with Crippen LogP contribution in [-0.4, -0.2) is 42.6 Å². The lowest BCUT2D eigenvalue weighted by molar-refractivity contribution is -0.126. The van der Waals surface area contributed by atoms with Crippen molar-refractivity contribution in [3.8, 4) is 0 Å². The molecule has 182 valence electrons. The zero-order chi connectivity index (χ0) is 24.5. The highest BCUT2D eigenvalue weighted by Crippen LogP contribution is 2.27. The van der Waals surface area contributed by atoms with Gasteiger partial charge in [-0.3, -0.25) is 14.4 Å². The first kappa shape index (κ1) is 25.5. The number of para-hydroxylation sites is 1. The molecule has 1 aromatic carbocycles. The maximum atomic E-state index is 13.3. The first-order valence-corrected chi connectivity index (χ1v) is 12.6. The summed E-state index contributed by atoms with van der Waals surface area (Å²) in [6, 6.07) is 12.1. The molecule has 1 fully saturated rings. The molecule has 2 amide bonds. The number of benzene rings is 1. The molecule has 3 aromatic rings. The molecule has 1 saturated carbocycles. The minimum Gasteiger partial charge on any atom is -0.471 e. The van der Waals surface area contributed by atoms with E-state index in [1.807, 2.05) is 60.2 Å². The van der Waals surface area contributed by atoms with Gasteiger partial charge in [0.1, 0.15) is 12.2 Å². The summed E-state index contributed by atoms with van der Waals surface area (Å²) in [4.78, 5) is 37.1. The number of fused-ring (bicyclic) bond motifs is 1. The number of aromatic nitrogens is 1. The predicted octanol–water partition coefficient (Wildman–Crippen LogP) is 4.92. The van der Waals surface area contributed by atoms with E-state index in [1.165, 1.54) is 26.4 Å². The molecular weight excluding hydrogens is 450 g/mol. The van der Waals surface area contributed by atoms with E-state index >= 15 is 0 Å². The van der Waals surface area contributed by atoms with Crippen LogP contribution in [0.2, 0.25) is 0 Å². The van der Waals surface area contributed by atoms with Gasteiger partial charge >= 0.3 is 0 Å². The van der Waals surface area contributed by atoms with Gasteiger partial charge in [-0.2, -0.15) is 0 Å². The Kier molecular flexibility index (Phi) is 9.27. The number of nitrogens with zero attached hydrogens (tertiary/aromatic N) is 2. The highest BCUT2D eigenvalue weighted by Gasteiger charge is 2.24. The lowest BCUT2D eigenvalue weighted by Crippen LogP contribution is -2.38. The summed E-state index contributed by atoms with van der Waals surface area (Å²) >= 11 is 1.60. The van der Waals surface area contributed by atoms with Gasteiger partial charge in [-0.1, -0.05) is 37.5 Å². The van der Waals surface area contributed by atoms with Crippen LogP contribution in [0.5, 0.6) is 0 Å². The lowest BCUT2D eigenvalue weighted by atomic mass is 9.95. The predicted molar refractivity (Wildman–Crippen MR) is 136 cm³/mol. The van der Waals surface area contributed by atoms with E-state index < -0.39 is 0 Å². The smallest absolute Gasteiger partial charge is 0.292 e. The van der Waals surface area contributed by atoms with E-state index in [-0.39, 0.29) is 24.4 Å². The van der Waals surface area contributed by atoms with Crippen LogP contribution in [-0.2, 0) is 20.9 Å². The molecule has 0 atom stereocenters. The van der Waals surface area contributed by atoms with Crippen molar-refractivity contribution < 1.29 is 19.1 Å². The third-order valence-electron chi connectivity index (χ3n) is 6.11. The highest BCUT2D eigenvalue weighted by atomic mass is 32.1. The molecule has 1 N–H and O–H groups in total. The first-order chi connectivity index (χ1) is 16.5. The second-order valence-electron chi connectivity index (χ2n) is 8.35. The summed E-state index contributed by atoms with van der Waals surface area (Å²) in [5, 5.41) is 5.21. The number of hydrogen-bond acceptors (Lipinski definition) is 5. The number of nitrogens with one attached hydrogen (secondary N) is 1. The van der Waals surface area contributed by atoms with Gasteiger partial charge in [0.25, 0.3) is 12.4 Å². The third kappa shape index (κ3) is 6.05. The zero-order valence-corrected chi connectivity index (χ0v) is 20.9. The van der Waals surface area contributed by atoms with Gasteiger partial charge in [0.15, 0.2) is 0 Å². The molecule has 7 nitrogen and oxygen atoms in total. The number of ether oxygens (including phenoxy) is 1. The summed E-state index contributed by atoms with van der Waals surface area (Å²) in [6.45, 7) is 5.11. The lowest BCUT2D eigenvalue weighted by Gasteiger charge is -2.25. The SMILES string of the molecule is CCN(C(=O)Cn1c(C(=O)NC2CCCCC2)cc2sccc21)c1ccccc1C.COC=O. The van der Waals surface area contributed by atoms with Crippen LogP contribution in [0.15, 0.2) is 41.8 Å². The molecule has 4 rings (SSSR count). The van der Waals surface area contributed by atoms with E-state index in [4.69, 9.17) is 4.79 Å². The van der Waals surface area contributed by atoms with Crippen molar-refractivity contribution in [2.24, 2.45) is 0 Å². The van der Waals surface area contributed by atoms with E-state index in [0.717, 1.165) is 34.3 Å². The van der Waals surface area contributed by atoms with Crippen molar-refractivity contribution in [3.05, 3.63) is 53.0 Å². The fraction of sp³-hybridized carbons (Fsp3) is 0.423. The third-order valence-corrected chi connectivity index (χ3v) is 6.96. The average molecular weight is 484 g/mol. The highest BCUT2D eigenvalue weighted by molar-refractivity contribution is 7.17. The second kappa shape index (κ2) is 12.4. The molecule has 34 heavy (non-hydrogen) atoms. The van der Waals surface area contributed by atoms with Crippen molar-refractivity contribution in [3.63, 3.8) is 0 Å². The summed E-state index contributed by atoms with van der Waals surface area (Å²) in [6.07, 6.45) is 5.66. The molecule has 0 saturated heterocycles. The summed E-state index contributed by atoms with van der Waals surface area (Å²) in [7, 11) is 1.31. The molecular formula is C26H33N3O4S. The van der Waals surface area contributed by atoms with Crippen LogP contribution >= 0.6 is 11.3 Å². The van der Waals surface area contributed by atoms with Crippen molar-refractivity contribution in [2.45, 2.75) is 58.5 Å². The topological polar surface area (TPSA) is 80.6 Å². The maximum Gasteiger partial charge on any atom is 0.292 e. The van der Waals surface area contributed by atoms with Gasteiger partial charge < -0.3 is 19.5 Å². The number of carbonyl (C=O) groups excluding carboxylic acids is 3. The van der Waals surface area contributed by atoms with Crippen LogP contribution in [0.1, 0.15) is 55.1 Å². The molecule has 1 aliphatic rings. The van der Waals surface area contributed by atoms with Crippen molar-refractivity contribution >= 4 is 45.5 Å². The standard InChI is InChI=1S/C24H29N3O2S.C2H4O2/c1-3-26(19-12-8-7-9-17(19)2)23(28)16-27-20-13-14-30-22(20)15-21(27)24(29)25-18-10-5-4-6-11-18;1-4-2-3/h7-9,12-15,18H,3-6,10-11,16H2,1-2H3,(H,25,29);2H,1H3. The van der Waals surface area contributed by atoms with Gasteiger partial charge in [0, 0.05) is 18.3 Å². The second-order valence-corrected chi connectivity index (χ2v) is 9.30. The van der Waals surface area contributed by atoms with Crippen molar-refractivity contribution in [2.75, 3.05) is 18.6 Å². The van der Waals surface area contributed by atoms with Gasteiger partial charge in [-0.05, 0) is 55.8 Å². The van der Waals surface area contributed by atoms with Crippen LogP contribution in [0.3, 0.4) is 0 Å². The normalized spacial score (nSPS) is 13.6. The molecule has 2 heterocycles. The Hall–Kier alpha value is -3.13. The minimum absolute atomic E-state index is 0.0118. The van der Waals surface area contributed by atoms with Gasteiger partial charge in [-0.25, -0.2) is 0 Å². The number of thiophene rings is 1.